The molecule has 1 unspecified atom stereocenters. The number of benzene rings is 1. The third-order valence-electron chi connectivity index (χ3n) is 2.74. The van der Waals surface area contributed by atoms with Crippen molar-refractivity contribution < 1.29 is 14.5 Å². The average molecular weight is 288 g/mol. The molecule has 1 aromatic rings. The van der Waals surface area contributed by atoms with Crippen LogP contribution in [0.1, 0.15) is 6.92 Å². The number of hydrogen-bond donors (Lipinski definition) is 2. The normalized spacial score (nSPS) is 13.6. The molecule has 0 fully saturated rings. The second kappa shape index (κ2) is 5.85. The number of carbonyl (C=O) groups is 1. The van der Waals surface area contributed by atoms with E-state index in [9.17, 15) is 14.9 Å². The third kappa shape index (κ3) is 3.33. The summed E-state index contributed by atoms with van der Waals surface area (Å²) in [6.45, 7) is 1.35. The first-order valence-electron chi connectivity index (χ1n) is 5.36. The molecule has 0 saturated carbocycles. The molecule has 1 atom stereocenters. The van der Waals surface area contributed by atoms with Crippen molar-refractivity contribution in [3.05, 3.63) is 33.3 Å². The zero-order valence-corrected chi connectivity index (χ0v) is 11.2. The van der Waals surface area contributed by atoms with Crippen LogP contribution in [0.25, 0.3) is 0 Å². The van der Waals surface area contributed by atoms with E-state index >= 15 is 0 Å². The number of nitrogens with zero attached hydrogens (tertiary/aromatic N) is 1. The van der Waals surface area contributed by atoms with E-state index in [0.29, 0.717) is 0 Å². The number of nitrogens with two attached hydrogens (primary N) is 1. The lowest BCUT2D eigenvalue weighted by molar-refractivity contribution is -0.385. The van der Waals surface area contributed by atoms with Gasteiger partial charge in [0.2, 0.25) is 11.7 Å². The van der Waals surface area contributed by atoms with Crippen LogP contribution in [-0.2, 0) is 4.79 Å². The molecule has 0 spiro atoms. The van der Waals surface area contributed by atoms with E-state index in [1.54, 1.807) is 0 Å². The molecule has 0 aromatic heterocycles. The predicted octanol–water partition coefficient (Wildman–Crippen LogP) is 1.09. The molecule has 0 aliphatic heterocycles. The van der Waals surface area contributed by atoms with Crippen LogP contribution in [0.3, 0.4) is 0 Å². The van der Waals surface area contributed by atoms with Crippen molar-refractivity contribution in [2.24, 2.45) is 5.73 Å². The minimum absolute atomic E-state index is 0.0862. The number of rotatable bonds is 6. The fraction of sp³-hybridized carbons (Fsp3) is 0.364. The number of nitro groups is 1. The van der Waals surface area contributed by atoms with Crippen LogP contribution in [0, 0.1) is 10.1 Å². The number of carbonyl (C=O) groups excluding carboxylic acids is 1. The summed E-state index contributed by atoms with van der Waals surface area (Å²) in [5.41, 5.74) is 3.82. The topological polar surface area (TPSA) is 107 Å². The number of nitrogens with one attached hydrogen (secondary N) is 1. The number of primary amides is 1. The van der Waals surface area contributed by atoms with Gasteiger partial charge < -0.3 is 15.8 Å². The van der Waals surface area contributed by atoms with Crippen molar-refractivity contribution >= 4 is 23.2 Å². The molecule has 0 aliphatic carbocycles. The number of amides is 1. The number of nitro benzene ring substituents is 1. The Bertz CT molecular complexity index is 509. The summed E-state index contributed by atoms with van der Waals surface area (Å²) in [5.74, 6) is -0.721. The molecule has 0 radical (unpaired) electrons. The smallest absolute Gasteiger partial charge is 0.312 e. The highest BCUT2D eigenvalue weighted by Gasteiger charge is 2.31. The van der Waals surface area contributed by atoms with Gasteiger partial charge in [0.15, 0.2) is 0 Å². The van der Waals surface area contributed by atoms with E-state index in [4.69, 9.17) is 22.1 Å². The molecule has 1 amide bonds. The lowest BCUT2D eigenvalue weighted by atomic mass is 10.0. The van der Waals surface area contributed by atoms with Gasteiger partial charge in [-0.25, -0.2) is 0 Å². The summed E-state index contributed by atoms with van der Waals surface area (Å²) in [4.78, 5) is 21.5. The van der Waals surface area contributed by atoms with Crippen molar-refractivity contribution in [1.82, 2.24) is 5.32 Å². The fourth-order valence-corrected chi connectivity index (χ4v) is 1.49. The minimum Gasteiger partial charge on any atom is -0.483 e. The number of para-hydroxylation sites is 1. The van der Waals surface area contributed by atoms with Crippen molar-refractivity contribution in [1.29, 1.82) is 0 Å². The second-order valence-electron chi connectivity index (χ2n) is 4.08. The highest BCUT2D eigenvalue weighted by molar-refractivity contribution is 6.32. The third-order valence-corrected chi connectivity index (χ3v) is 3.04. The van der Waals surface area contributed by atoms with Gasteiger partial charge in [0.25, 0.3) is 0 Å². The molecule has 1 rings (SSSR count). The molecule has 8 heteroatoms. The summed E-state index contributed by atoms with van der Waals surface area (Å²) in [7, 11) is 1.54. The van der Waals surface area contributed by atoms with Crippen molar-refractivity contribution in [2.45, 2.75) is 12.5 Å². The average Bonchev–Trinajstić information content (AvgIpc) is 2.36. The van der Waals surface area contributed by atoms with Crippen LogP contribution in [0.5, 0.6) is 5.75 Å². The van der Waals surface area contributed by atoms with Gasteiger partial charge in [-0.1, -0.05) is 17.7 Å². The standard InChI is InChI=1S/C11H14ClN3O4/c1-11(14-2,10(13)16)6-19-9-7(12)4-3-5-8(9)15(17)18/h3-5,14H,6H2,1-2H3,(H2,13,16). The molecule has 0 aliphatic rings. The van der Waals surface area contributed by atoms with E-state index in [0.717, 1.165) is 0 Å². The fourth-order valence-electron chi connectivity index (χ4n) is 1.27. The summed E-state index contributed by atoms with van der Waals surface area (Å²) < 4.78 is 5.31. The molecular formula is C11H14ClN3O4. The molecule has 104 valence electrons. The zero-order valence-electron chi connectivity index (χ0n) is 10.5. The van der Waals surface area contributed by atoms with Crippen molar-refractivity contribution in [2.75, 3.05) is 13.7 Å². The van der Waals surface area contributed by atoms with Gasteiger partial charge >= 0.3 is 5.69 Å². The number of hydrogen-bond acceptors (Lipinski definition) is 5. The lowest BCUT2D eigenvalue weighted by Crippen LogP contribution is -2.55. The van der Waals surface area contributed by atoms with Gasteiger partial charge in [0.05, 0.1) is 9.95 Å². The summed E-state index contributed by atoms with van der Waals surface area (Å²) >= 11 is 5.86. The zero-order chi connectivity index (χ0) is 14.6. The van der Waals surface area contributed by atoms with Gasteiger partial charge in [-0.3, -0.25) is 14.9 Å². The van der Waals surface area contributed by atoms with Crippen LogP contribution in [0.2, 0.25) is 5.02 Å². The lowest BCUT2D eigenvalue weighted by Gasteiger charge is -2.25. The molecule has 19 heavy (non-hydrogen) atoms. The Hall–Kier alpha value is -1.86. The van der Waals surface area contributed by atoms with E-state index in [-0.39, 0.29) is 23.1 Å². The van der Waals surface area contributed by atoms with Crippen LogP contribution in [-0.4, -0.2) is 30.0 Å². The number of halogens is 1. The van der Waals surface area contributed by atoms with E-state index in [2.05, 4.69) is 5.32 Å². The first-order chi connectivity index (χ1) is 8.81. The second-order valence-corrected chi connectivity index (χ2v) is 4.49. The Morgan fingerprint density at radius 3 is 2.74 bits per heavy atom. The maximum absolute atomic E-state index is 11.3. The number of ether oxygens (including phenoxy) is 1. The van der Waals surface area contributed by atoms with Crippen LogP contribution >= 0.6 is 11.6 Å². The van der Waals surface area contributed by atoms with E-state index < -0.39 is 16.4 Å². The van der Waals surface area contributed by atoms with E-state index in [1.807, 2.05) is 0 Å². The Morgan fingerprint density at radius 1 is 1.63 bits per heavy atom. The quantitative estimate of drug-likeness (QED) is 0.601. The summed E-state index contributed by atoms with van der Waals surface area (Å²) in [6.07, 6.45) is 0. The minimum atomic E-state index is -1.15. The first-order valence-corrected chi connectivity index (χ1v) is 5.74. The van der Waals surface area contributed by atoms with Gasteiger partial charge in [-0.15, -0.1) is 0 Å². The van der Waals surface area contributed by atoms with E-state index in [1.165, 1.54) is 32.2 Å². The van der Waals surface area contributed by atoms with Gasteiger partial charge in [-0.2, -0.15) is 0 Å². The summed E-state index contributed by atoms with van der Waals surface area (Å²) in [5, 5.41) is 13.7. The van der Waals surface area contributed by atoms with Crippen LogP contribution in [0.15, 0.2) is 18.2 Å². The molecular weight excluding hydrogens is 274 g/mol. The van der Waals surface area contributed by atoms with Crippen LogP contribution < -0.4 is 15.8 Å². The highest BCUT2D eigenvalue weighted by atomic mass is 35.5. The Balaban J connectivity index is 3.01. The van der Waals surface area contributed by atoms with Gasteiger partial charge in [0, 0.05) is 6.07 Å². The van der Waals surface area contributed by atoms with Crippen molar-refractivity contribution in [3.8, 4) is 5.75 Å². The maximum atomic E-state index is 11.3. The van der Waals surface area contributed by atoms with Gasteiger partial charge in [0.1, 0.15) is 12.1 Å². The highest BCUT2D eigenvalue weighted by Crippen LogP contribution is 2.34. The molecule has 0 heterocycles. The summed E-state index contributed by atoms with van der Waals surface area (Å²) in [6, 6.07) is 4.17. The predicted molar refractivity (Wildman–Crippen MR) is 70.3 cm³/mol. The Labute approximate surface area is 114 Å². The Morgan fingerprint density at radius 2 is 2.26 bits per heavy atom. The molecule has 0 saturated heterocycles. The van der Waals surface area contributed by atoms with Crippen molar-refractivity contribution in [3.63, 3.8) is 0 Å². The monoisotopic (exact) mass is 287 g/mol. The molecule has 7 nitrogen and oxygen atoms in total. The van der Waals surface area contributed by atoms with Crippen LogP contribution in [0.4, 0.5) is 5.69 Å². The molecule has 1 aromatic carbocycles. The number of likely N-dealkylation sites (N-methyl/N-ethyl adjacent to an activating group) is 1. The van der Waals surface area contributed by atoms with Gasteiger partial charge in [-0.05, 0) is 20.0 Å². The molecule has 3 N–H and O–H groups in total. The largest absolute Gasteiger partial charge is 0.483 e. The SMILES string of the molecule is CNC(C)(COc1c(Cl)cccc1[N+](=O)[O-])C(N)=O. The first kappa shape index (κ1) is 15.2. The molecule has 0 bridgehead atoms. The Kier molecular flexibility index (Phi) is 4.68. The maximum Gasteiger partial charge on any atom is 0.312 e.